The fraction of sp³-hybridized carbons (Fsp3) is 0.500. The molecule has 1 aromatic carbocycles. The Kier molecular flexibility index (Phi) is 5.22. The number of ether oxygens (including phenoxy) is 1. The fourth-order valence-electron chi connectivity index (χ4n) is 2.06. The first-order valence-corrected chi connectivity index (χ1v) is 7.29. The number of carbonyl (C=O) groups is 1. The van der Waals surface area contributed by atoms with Gasteiger partial charge in [0.05, 0.1) is 6.54 Å². The minimum Gasteiger partial charge on any atom is -0.492 e. The van der Waals surface area contributed by atoms with Gasteiger partial charge in [-0.25, -0.2) is 0 Å². The van der Waals surface area contributed by atoms with E-state index in [1.165, 1.54) is 0 Å². The number of hydrogen-bond acceptors (Lipinski definition) is 3. The van der Waals surface area contributed by atoms with Crippen molar-refractivity contribution in [2.45, 2.75) is 6.42 Å². The summed E-state index contributed by atoms with van der Waals surface area (Å²) in [5.74, 6) is 1.06. The Morgan fingerprint density at radius 3 is 2.74 bits per heavy atom. The molecule has 0 aromatic heterocycles. The molecule has 0 aliphatic carbocycles. The zero-order chi connectivity index (χ0) is 13.7. The van der Waals surface area contributed by atoms with Crippen LogP contribution in [0.25, 0.3) is 0 Å². The van der Waals surface area contributed by atoms with Gasteiger partial charge >= 0.3 is 0 Å². The Bertz CT molecular complexity index is 422. The monoisotopic (exact) mass is 326 g/mol. The molecule has 1 amide bonds. The number of nitrogens with zero attached hydrogens (tertiary/aromatic N) is 2. The van der Waals surface area contributed by atoms with Gasteiger partial charge in [-0.1, -0.05) is 15.9 Å². The van der Waals surface area contributed by atoms with Crippen LogP contribution < -0.4 is 4.74 Å². The van der Waals surface area contributed by atoms with Gasteiger partial charge in [0, 0.05) is 31.2 Å². The smallest absolute Gasteiger partial charge is 0.236 e. The highest BCUT2D eigenvalue weighted by molar-refractivity contribution is 9.10. The molecule has 19 heavy (non-hydrogen) atoms. The predicted octanol–water partition coefficient (Wildman–Crippen LogP) is 1.99. The second kappa shape index (κ2) is 6.91. The molecule has 1 aromatic rings. The van der Waals surface area contributed by atoms with E-state index in [0.717, 1.165) is 36.3 Å². The molecule has 1 aliphatic heterocycles. The molecular formula is C14H19BrN2O2. The second-order valence-corrected chi connectivity index (χ2v) is 5.66. The zero-order valence-corrected chi connectivity index (χ0v) is 12.7. The van der Waals surface area contributed by atoms with Crippen molar-refractivity contribution in [1.29, 1.82) is 0 Å². The standard InChI is InChI=1S/C14H19BrN2O2/c1-16-7-2-8-17(11-14(16)18)9-10-19-13-5-3-12(15)4-6-13/h3-6H,2,7-11H2,1H3. The van der Waals surface area contributed by atoms with Crippen LogP contribution in [0.4, 0.5) is 0 Å². The predicted molar refractivity (Wildman–Crippen MR) is 78.3 cm³/mol. The number of rotatable bonds is 4. The number of carbonyl (C=O) groups excluding carboxylic acids is 1. The van der Waals surface area contributed by atoms with Gasteiger partial charge in [-0.3, -0.25) is 9.69 Å². The van der Waals surface area contributed by atoms with E-state index in [4.69, 9.17) is 4.74 Å². The van der Waals surface area contributed by atoms with E-state index in [1.54, 1.807) is 4.90 Å². The summed E-state index contributed by atoms with van der Waals surface area (Å²) < 4.78 is 6.72. The van der Waals surface area contributed by atoms with Gasteiger partial charge in [-0.15, -0.1) is 0 Å². The molecule has 104 valence electrons. The van der Waals surface area contributed by atoms with E-state index in [2.05, 4.69) is 20.8 Å². The zero-order valence-electron chi connectivity index (χ0n) is 11.1. The third-order valence-electron chi connectivity index (χ3n) is 3.24. The lowest BCUT2D eigenvalue weighted by Crippen LogP contribution is -2.36. The van der Waals surface area contributed by atoms with Crippen LogP contribution in [0.5, 0.6) is 5.75 Å². The number of hydrogen-bond donors (Lipinski definition) is 0. The molecule has 4 nitrogen and oxygen atoms in total. The first-order valence-electron chi connectivity index (χ1n) is 6.50. The molecule has 2 rings (SSSR count). The molecule has 0 bridgehead atoms. The summed E-state index contributed by atoms with van der Waals surface area (Å²) in [6.07, 6.45) is 1.03. The van der Waals surface area contributed by atoms with E-state index in [0.29, 0.717) is 13.2 Å². The van der Waals surface area contributed by atoms with E-state index in [9.17, 15) is 4.79 Å². The van der Waals surface area contributed by atoms with Crippen molar-refractivity contribution < 1.29 is 9.53 Å². The third kappa shape index (κ3) is 4.51. The quantitative estimate of drug-likeness (QED) is 0.848. The molecule has 0 atom stereocenters. The van der Waals surface area contributed by atoms with E-state index in [-0.39, 0.29) is 5.91 Å². The lowest BCUT2D eigenvalue weighted by Gasteiger charge is -2.19. The first-order chi connectivity index (χ1) is 9.15. The summed E-state index contributed by atoms with van der Waals surface area (Å²) in [5.41, 5.74) is 0. The van der Waals surface area contributed by atoms with Crippen LogP contribution >= 0.6 is 15.9 Å². The largest absolute Gasteiger partial charge is 0.492 e. The van der Waals surface area contributed by atoms with Gasteiger partial charge in [0.2, 0.25) is 5.91 Å². The summed E-state index contributed by atoms with van der Waals surface area (Å²) >= 11 is 3.39. The maximum Gasteiger partial charge on any atom is 0.236 e. The summed E-state index contributed by atoms with van der Waals surface area (Å²) in [7, 11) is 1.87. The summed E-state index contributed by atoms with van der Waals surface area (Å²) in [5, 5.41) is 0. The van der Waals surface area contributed by atoms with Gasteiger partial charge in [0.15, 0.2) is 0 Å². The van der Waals surface area contributed by atoms with E-state index < -0.39 is 0 Å². The van der Waals surface area contributed by atoms with Crippen molar-refractivity contribution in [1.82, 2.24) is 9.80 Å². The Balaban J connectivity index is 1.76. The van der Waals surface area contributed by atoms with Gasteiger partial charge in [-0.05, 0) is 30.7 Å². The summed E-state index contributed by atoms with van der Waals surface area (Å²) in [6, 6.07) is 7.79. The molecule has 0 unspecified atom stereocenters. The van der Waals surface area contributed by atoms with Crippen molar-refractivity contribution in [2.75, 3.05) is 39.8 Å². The SMILES string of the molecule is CN1CCCN(CCOc2ccc(Br)cc2)CC1=O. The maximum absolute atomic E-state index is 11.7. The molecule has 1 heterocycles. The van der Waals surface area contributed by atoms with Crippen LogP contribution in [-0.4, -0.2) is 55.5 Å². The minimum absolute atomic E-state index is 0.196. The molecule has 1 fully saturated rings. The van der Waals surface area contributed by atoms with Crippen LogP contribution in [0.1, 0.15) is 6.42 Å². The van der Waals surface area contributed by atoms with Crippen LogP contribution in [-0.2, 0) is 4.79 Å². The molecule has 0 saturated carbocycles. The van der Waals surface area contributed by atoms with E-state index in [1.807, 2.05) is 31.3 Å². The Labute approximate surface area is 122 Å². The number of benzene rings is 1. The van der Waals surface area contributed by atoms with Gasteiger partial charge in [0.1, 0.15) is 12.4 Å². The number of halogens is 1. The summed E-state index contributed by atoms with van der Waals surface area (Å²) in [4.78, 5) is 15.7. The summed E-state index contributed by atoms with van der Waals surface area (Å²) in [6.45, 7) is 3.71. The molecule has 0 spiro atoms. The number of likely N-dealkylation sites (N-methyl/N-ethyl adjacent to an activating group) is 1. The minimum atomic E-state index is 0.196. The van der Waals surface area contributed by atoms with Crippen molar-refractivity contribution in [3.8, 4) is 5.75 Å². The van der Waals surface area contributed by atoms with Crippen molar-refractivity contribution in [3.63, 3.8) is 0 Å². The molecule has 0 N–H and O–H groups in total. The number of amides is 1. The fourth-order valence-corrected chi connectivity index (χ4v) is 2.33. The lowest BCUT2D eigenvalue weighted by atomic mass is 10.3. The molecular weight excluding hydrogens is 308 g/mol. The highest BCUT2D eigenvalue weighted by Crippen LogP contribution is 2.16. The maximum atomic E-state index is 11.7. The average Bonchev–Trinajstić information content (AvgIpc) is 2.55. The van der Waals surface area contributed by atoms with Gasteiger partial charge in [0.25, 0.3) is 0 Å². The Morgan fingerprint density at radius 1 is 1.26 bits per heavy atom. The lowest BCUT2D eigenvalue weighted by molar-refractivity contribution is -0.129. The molecule has 1 saturated heterocycles. The van der Waals surface area contributed by atoms with Gasteiger partial charge in [-0.2, -0.15) is 0 Å². The highest BCUT2D eigenvalue weighted by atomic mass is 79.9. The van der Waals surface area contributed by atoms with Gasteiger partial charge < -0.3 is 9.64 Å². The Hall–Kier alpha value is -1.07. The van der Waals surface area contributed by atoms with Crippen LogP contribution in [0.2, 0.25) is 0 Å². The second-order valence-electron chi connectivity index (χ2n) is 4.75. The average molecular weight is 327 g/mol. The molecule has 0 radical (unpaired) electrons. The van der Waals surface area contributed by atoms with Crippen molar-refractivity contribution in [2.24, 2.45) is 0 Å². The van der Waals surface area contributed by atoms with Crippen LogP contribution in [0.3, 0.4) is 0 Å². The van der Waals surface area contributed by atoms with Crippen LogP contribution in [0.15, 0.2) is 28.7 Å². The molecule has 5 heteroatoms. The van der Waals surface area contributed by atoms with Crippen LogP contribution in [0, 0.1) is 0 Å². The molecule has 1 aliphatic rings. The Morgan fingerprint density at radius 2 is 2.00 bits per heavy atom. The van der Waals surface area contributed by atoms with E-state index >= 15 is 0 Å². The normalized spacial score (nSPS) is 17.4. The van der Waals surface area contributed by atoms with Crippen molar-refractivity contribution in [3.05, 3.63) is 28.7 Å². The highest BCUT2D eigenvalue weighted by Gasteiger charge is 2.18. The first kappa shape index (κ1) is 14.3. The van der Waals surface area contributed by atoms with Crippen molar-refractivity contribution >= 4 is 21.8 Å². The third-order valence-corrected chi connectivity index (χ3v) is 3.77. The topological polar surface area (TPSA) is 32.8 Å².